The van der Waals surface area contributed by atoms with Gasteiger partial charge in [0.2, 0.25) is 0 Å². The highest BCUT2D eigenvalue weighted by Crippen LogP contribution is 2.25. The predicted octanol–water partition coefficient (Wildman–Crippen LogP) is 2.68. The van der Waals surface area contributed by atoms with E-state index < -0.39 is 0 Å². The van der Waals surface area contributed by atoms with Crippen molar-refractivity contribution in [3.63, 3.8) is 0 Å². The molecule has 1 heterocycles. The Morgan fingerprint density at radius 3 is 2.68 bits per heavy atom. The second-order valence-corrected chi connectivity index (χ2v) is 4.69. The zero-order chi connectivity index (χ0) is 13.7. The molecule has 3 nitrogen and oxygen atoms in total. The second-order valence-electron chi connectivity index (χ2n) is 4.69. The summed E-state index contributed by atoms with van der Waals surface area (Å²) < 4.78 is 5.29. The average Bonchev–Trinajstić information content (AvgIpc) is 2.46. The lowest BCUT2D eigenvalue weighted by Crippen LogP contribution is -2.15. The van der Waals surface area contributed by atoms with Gasteiger partial charge in [-0.2, -0.15) is 0 Å². The van der Waals surface area contributed by atoms with E-state index in [0.717, 1.165) is 23.4 Å². The number of hydrogen-bond acceptors (Lipinski definition) is 3. The summed E-state index contributed by atoms with van der Waals surface area (Å²) in [4.78, 5) is 4.37. The molecule has 0 aliphatic carbocycles. The summed E-state index contributed by atoms with van der Waals surface area (Å²) in [6, 6.07) is 12.2. The van der Waals surface area contributed by atoms with Gasteiger partial charge in [-0.15, -0.1) is 0 Å². The molecule has 2 N–H and O–H groups in total. The number of benzene rings is 1. The van der Waals surface area contributed by atoms with Gasteiger partial charge in [-0.05, 0) is 49.2 Å². The summed E-state index contributed by atoms with van der Waals surface area (Å²) in [6.45, 7) is 2.67. The minimum absolute atomic E-state index is 0.291. The third kappa shape index (κ3) is 3.32. The Morgan fingerprint density at radius 2 is 2.11 bits per heavy atom. The Morgan fingerprint density at radius 1 is 1.26 bits per heavy atom. The highest BCUT2D eigenvalue weighted by Gasteiger charge is 2.12. The van der Waals surface area contributed by atoms with Crippen LogP contribution in [0, 0.1) is 6.92 Å². The van der Waals surface area contributed by atoms with E-state index in [1.165, 1.54) is 5.56 Å². The zero-order valence-corrected chi connectivity index (χ0v) is 11.5. The molecule has 0 saturated carbocycles. The van der Waals surface area contributed by atoms with Gasteiger partial charge < -0.3 is 10.5 Å². The first-order valence-corrected chi connectivity index (χ1v) is 6.49. The average molecular weight is 256 g/mol. The lowest BCUT2D eigenvalue weighted by molar-refractivity contribution is 0.411. The van der Waals surface area contributed by atoms with Crippen molar-refractivity contribution in [2.24, 2.45) is 5.73 Å². The molecular formula is C16H20N2O. The van der Waals surface area contributed by atoms with Gasteiger partial charge in [0.1, 0.15) is 5.75 Å². The van der Waals surface area contributed by atoms with E-state index >= 15 is 0 Å². The van der Waals surface area contributed by atoms with Gasteiger partial charge in [-0.25, -0.2) is 0 Å². The number of nitrogens with zero attached hydrogens (tertiary/aromatic N) is 1. The highest BCUT2D eigenvalue weighted by atomic mass is 16.5. The molecule has 0 radical (unpaired) electrons. The van der Waals surface area contributed by atoms with Crippen molar-refractivity contribution < 1.29 is 4.74 Å². The molecule has 0 spiro atoms. The predicted molar refractivity (Wildman–Crippen MR) is 77.5 cm³/mol. The van der Waals surface area contributed by atoms with Crippen LogP contribution in [0.4, 0.5) is 0 Å². The van der Waals surface area contributed by atoms with Crippen molar-refractivity contribution in [2.45, 2.75) is 19.3 Å². The summed E-state index contributed by atoms with van der Waals surface area (Å²) in [7, 11) is 1.69. The van der Waals surface area contributed by atoms with Crippen LogP contribution >= 0.6 is 0 Å². The van der Waals surface area contributed by atoms with Crippen LogP contribution < -0.4 is 10.5 Å². The van der Waals surface area contributed by atoms with E-state index in [9.17, 15) is 0 Å². The lowest BCUT2D eigenvalue weighted by atomic mass is 9.93. The quantitative estimate of drug-likeness (QED) is 0.894. The Balaban J connectivity index is 2.20. The summed E-state index contributed by atoms with van der Waals surface area (Å²) in [5.74, 6) is 1.21. The van der Waals surface area contributed by atoms with Gasteiger partial charge >= 0.3 is 0 Å². The SMILES string of the molecule is COc1ccc(C(CN)Cc2ccccn2)cc1C. The van der Waals surface area contributed by atoms with Crippen molar-refractivity contribution >= 4 is 0 Å². The van der Waals surface area contributed by atoms with E-state index in [0.29, 0.717) is 12.5 Å². The molecule has 2 aromatic rings. The van der Waals surface area contributed by atoms with Gasteiger partial charge in [0.05, 0.1) is 7.11 Å². The fourth-order valence-electron chi connectivity index (χ4n) is 2.26. The molecule has 0 aliphatic heterocycles. The molecule has 0 aliphatic rings. The number of pyridine rings is 1. The van der Waals surface area contributed by atoms with Crippen molar-refractivity contribution in [1.29, 1.82) is 0 Å². The van der Waals surface area contributed by atoms with E-state index in [2.05, 4.69) is 24.0 Å². The number of aromatic nitrogens is 1. The van der Waals surface area contributed by atoms with Crippen LogP contribution in [0.15, 0.2) is 42.6 Å². The van der Waals surface area contributed by atoms with Crippen LogP contribution in [0.3, 0.4) is 0 Å². The molecule has 1 aromatic heterocycles. The molecule has 100 valence electrons. The van der Waals surface area contributed by atoms with Gasteiger partial charge in [-0.3, -0.25) is 4.98 Å². The normalized spacial score (nSPS) is 12.2. The number of hydrogen-bond donors (Lipinski definition) is 1. The largest absolute Gasteiger partial charge is 0.496 e. The fourth-order valence-corrected chi connectivity index (χ4v) is 2.26. The fraction of sp³-hybridized carbons (Fsp3) is 0.312. The Kier molecular flexibility index (Phi) is 4.53. The standard InChI is InChI=1S/C16H20N2O/c1-12-9-13(6-7-16(12)19-2)14(11-17)10-15-5-3-4-8-18-15/h3-9,14H,10-11,17H2,1-2H3. The van der Waals surface area contributed by atoms with E-state index in [-0.39, 0.29) is 0 Å². The van der Waals surface area contributed by atoms with Gasteiger partial charge in [0.15, 0.2) is 0 Å². The molecule has 0 fully saturated rings. The van der Waals surface area contributed by atoms with Crippen molar-refractivity contribution in [2.75, 3.05) is 13.7 Å². The molecule has 3 heteroatoms. The third-order valence-electron chi connectivity index (χ3n) is 3.36. The highest BCUT2D eigenvalue weighted by molar-refractivity contribution is 5.38. The molecule has 2 rings (SSSR count). The van der Waals surface area contributed by atoms with Crippen LogP contribution in [0.2, 0.25) is 0 Å². The maximum Gasteiger partial charge on any atom is 0.121 e. The summed E-state index contributed by atoms with van der Waals surface area (Å²) in [6.07, 6.45) is 2.69. The van der Waals surface area contributed by atoms with Crippen LogP contribution in [0.5, 0.6) is 5.75 Å². The molecule has 1 atom stereocenters. The number of nitrogens with two attached hydrogens (primary N) is 1. The Hall–Kier alpha value is -1.87. The lowest BCUT2D eigenvalue weighted by Gasteiger charge is -2.16. The van der Waals surface area contributed by atoms with Crippen molar-refractivity contribution in [3.8, 4) is 5.75 Å². The Bertz CT molecular complexity index is 526. The number of methoxy groups -OCH3 is 1. The third-order valence-corrected chi connectivity index (χ3v) is 3.36. The zero-order valence-electron chi connectivity index (χ0n) is 11.5. The van der Waals surface area contributed by atoms with E-state index in [4.69, 9.17) is 10.5 Å². The molecule has 19 heavy (non-hydrogen) atoms. The molecule has 0 bridgehead atoms. The van der Waals surface area contributed by atoms with E-state index in [1.54, 1.807) is 7.11 Å². The smallest absolute Gasteiger partial charge is 0.121 e. The minimum atomic E-state index is 0.291. The number of aryl methyl sites for hydroxylation is 1. The topological polar surface area (TPSA) is 48.1 Å². The first-order valence-electron chi connectivity index (χ1n) is 6.49. The first-order chi connectivity index (χ1) is 9.24. The van der Waals surface area contributed by atoms with Crippen LogP contribution in [0.1, 0.15) is 22.7 Å². The van der Waals surface area contributed by atoms with Crippen LogP contribution in [-0.4, -0.2) is 18.6 Å². The summed E-state index contributed by atoms with van der Waals surface area (Å²) in [5.41, 5.74) is 9.37. The summed E-state index contributed by atoms with van der Waals surface area (Å²) in [5, 5.41) is 0. The second kappa shape index (κ2) is 6.34. The monoisotopic (exact) mass is 256 g/mol. The van der Waals surface area contributed by atoms with Gasteiger partial charge in [-0.1, -0.05) is 18.2 Å². The van der Waals surface area contributed by atoms with Crippen LogP contribution in [0.25, 0.3) is 0 Å². The maximum absolute atomic E-state index is 5.91. The number of rotatable bonds is 5. The number of ether oxygens (including phenoxy) is 1. The molecule has 0 amide bonds. The van der Waals surface area contributed by atoms with Gasteiger partial charge in [0, 0.05) is 17.8 Å². The molecule has 0 saturated heterocycles. The molecule has 1 aromatic carbocycles. The van der Waals surface area contributed by atoms with Gasteiger partial charge in [0.25, 0.3) is 0 Å². The van der Waals surface area contributed by atoms with Crippen molar-refractivity contribution in [1.82, 2.24) is 4.98 Å². The maximum atomic E-state index is 5.91. The van der Waals surface area contributed by atoms with Crippen LogP contribution in [-0.2, 0) is 6.42 Å². The Labute approximate surface area is 114 Å². The summed E-state index contributed by atoms with van der Waals surface area (Å²) >= 11 is 0. The van der Waals surface area contributed by atoms with E-state index in [1.807, 2.05) is 30.5 Å². The minimum Gasteiger partial charge on any atom is -0.496 e. The molecule has 1 unspecified atom stereocenters. The van der Waals surface area contributed by atoms with Crippen molar-refractivity contribution in [3.05, 3.63) is 59.4 Å². The first kappa shape index (κ1) is 13.6. The molecular weight excluding hydrogens is 236 g/mol.